The molecule has 0 spiro atoms. The fraction of sp³-hybridized carbons (Fsp3) is 0.450. The van der Waals surface area contributed by atoms with Gasteiger partial charge in [0, 0.05) is 52.3 Å². The molecule has 0 unspecified atom stereocenters. The molecule has 1 saturated carbocycles. The van der Waals surface area contributed by atoms with Gasteiger partial charge in [0.15, 0.2) is 0 Å². The van der Waals surface area contributed by atoms with Crippen LogP contribution in [0.2, 0.25) is 0 Å². The smallest absolute Gasteiger partial charge is 0.0483 e. The van der Waals surface area contributed by atoms with Crippen molar-refractivity contribution in [3.05, 3.63) is 59.4 Å². The maximum Gasteiger partial charge on any atom is 0.0483 e. The van der Waals surface area contributed by atoms with Crippen LogP contribution in [0.5, 0.6) is 0 Å². The van der Waals surface area contributed by atoms with Gasteiger partial charge in [-0.15, -0.1) is 0 Å². The first-order valence-corrected chi connectivity index (χ1v) is 10.4. The molecular formula is C20H26N2OS. The Morgan fingerprint density at radius 1 is 1.25 bits per heavy atom. The van der Waals surface area contributed by atoms with Crippen molar-refractivity contribution < 1.29 is 4.21 Å². The van der Waals surface area contributed by atoms with Crippen LogP contribution in [0.25, 0.3) is 0 Å². The maximum atomic E-state index is 11.4. The monoisotopic (exact) mass is 342 g/mol. The summed E-state index contributed by atoms with van der Waals surface area (Å²) >= 11 is 0. The number of rotatable bonds is 5. The number of nitrogens with one attached hydrogen (secondary N) is 1. The fourth-order valence-corrected chi connectivity index (χ4v) is 4.36. The van der Waals surface area contributed by atoms with Crippen LogP contribution >= 0.6 is 0 Å². The van der Waals surface area contributed by atoms with Crippen LogP contribution < -0.4 is 5.32 Å². The summed E-state index contributed by atoms with van der Waals surface area (Å²) in [5, 5.41) is 3.69. The zero-order chi connectivity index (χ0) is 16.9. The SMILES string of the molecule is Cc1cccnc1[C@@H]1CCC[C@@H](Nc2cccc(C[S@](C)=O)c2)C1. The van der Waals surface area contributed by atoms with Gasteiger partial charge in [0.2, 0.25) is 0 Å². The summed E-state index contributed by atoms with van der Waals surface area (Å²) in [6.45, 7) is 2.16. The molecule has 1 aliphatic carbocycles. The first-order valence-electron chi connectivity index (χ1n) is 8.69. The minimum atomic E-state index is -0.801. The summed E-state index contributed by atoms with van der Waals surface area (Å²) in [7, 11) is -0.801. The normalized spacial score (nSPS) is 22.1. The standard InChI is InChI=1S/C20H26N2OS/c1-15-6-5-11-21-20(15)17-8-4-10-19(13-17)22-18-9-3-7-16(12-18)14-24(2)23/h3,5-7,9,11-12,17,19,22H,4,8,10,13-14H2,1-2H3/t17-,19-,24+/m1/s1. The van der Waals surface area contributed by atoms with E-state index in [4.69, 9.17) is 0 Å². The second kappa shape index (κ2) is 7.93. The molecule has 0 radical (unpaired) electrons. The molecule has 1 fully saturated rings. The molecule has 4 heteroatoms. The van der Waals surface area contributed by atoms with Crippen LogP contribution in [0.4, 0.5) is 5.69 Å². The Labute approximate surface area is 147 Å². The number of pyridine rings is 1. The zero-order valence-electron chi connectivity index (χ0n) is 14.5. The number of nitrogens with zero attached hydrogens (tertiary/aromatic N) is 1. The fourth-order valence-electron chi connectivity index (χ4n) is 3.72. The summed E-state index contributed by atoms with van der Waals surface area (Å²) in [6.07, 6.45) is 8.45. The summed E-state index contributed by atoms with van der Waals surface area (Å²) in [6, 6.07) is 13.0. The van der Waals surface area contributed by atoms with E-state index in [1.165, 1.54) is 30.5 Å². The lowest BCUT2D eigenvalue weighted by molar-refractivity contribution is 0.404. The van der Waals surface area contributed by atoms with E-state index in [2.05, 4.69) is 35.4 Å². The van der Waals surface area contributed by atoms with Crippen LogP contribution in [0.1, 0.15) is 48.4 Å². The molecule has 0 bridgehead atoms. The topological polar surface area (TPSA) is 42.0 Å². The van der Waals surface area contributed by atoms with Gasteiger partial charge in [-0.05, 0) is 55.5 Å². The van der Waals surface area contributed by atoms with Gasteiger partial charge in [-0.25, -0.2) is 0 Å². The van der Waals surface area contributed by atoms with Gasteiger partial charge in [-0.3, -0.25) is 9.19 Å². The third-order valence-electron chi connectivity index (χ3n) is 4.78. The molecule has 24 heavy (non-hydrogen) atoms. The van der Waals surface area contributed by atoms with Crippen molar-refractivity contribution in [1.82, 2.24) is 4.98 Å². The quantitative estimate of drug-likeness (QED) is 0.875. The Balaban J connectivity index is 1.67. The molecular weight excluding hydrogens is 316 g/mol. The molecule has 3 rings (SSSR count). The van der Waals surface area contributed by atoms with Gasteiger partial charge in [-0.1, -0.05) is 24.6 Å². The summed E-state index contributed by atoms with van der Waals surface area (Å²) in [5.74, 6) is 1.17. The van der Waals surface area contributed by atoms with E-state index in [9.17, 15) is 4.21 Å². The molecule has 128 valence electrons. The first-order chi connectivity index (χ1) is 11.6. The van der Waals surface area contributed by atoms with Crippen LogP contribution in [-0.2, 0) is 16.6 Å². The average molecular weight is 343 g/mol. The van der Waals surface area contributed by atoms with Crippen molar-refractivity contribution >= 4 is 16.5 Å². The number of benzene rings is 1. The number of anilines is 1. The lowest BCUT2D eigenvalue weighted by Crippen LogP contribution is -2.27. The zero-order valence-corrected chi connectivity index (χ0v) is 15.3. The first kappa shape index (κ1) is 17.2. The lowest BCUT2D eigenvalue weighted by atomic mass is 9.82. The van der Waals surface area contributed by atoms with Crippen molar-refractivity contribution in [2.45, 2.75) is 50.3 Å². The number of aryl methyl sites for hydroxylation is 1. The molecule has 1 heterocycles. The molecule has 2 aromatic rings. The van der Waals surface area contributed by atoms with Gasteiger partial charge >= 0.3 is 0 Å². The number of aromatic nitrogens is 1. The minimum absolute atomic E-state index is 0.479. The van der Waals surface area contributed by atoms with Crippen LogP contribution in [0.15, 0.2) is 42.6 Å². The Bertz CT molecular complexity index is 716. The predicted molar refractivity (Wildman–Crippen MR) is 102 cm³/mol. The average Bonchev–Trinajstić information content (AvgIpc) is 2.55. The third-order valence-corrected chi connectivity index (χ3v) is 5.52. The highest BCUT2D eigenvalue weighted by atomic mass is 32.2. The molecule has 0 aliphatic heterocycles. The Hall–Kier alpha value is -1.68. The van der Waals surface area contributed by atoms with Crippen molar-refractivity contribution in [1.29, 1.82) is 0 Å². The van der Waals surface area contributed by atoms with Crippen LogP contribution in [-0.4, -0.2) is 21.5 Å². The summed E-state index contributed by atoms with van der Waals surface area (Å²) < 4.78 is 11.4. The van der Waals surface area contributed by atoms with Gasteiger partial charge in [-0.2, -0.15) is 0 Å². The largest absolute Gasteiger partial charge is 0.382 e. The number of hydrogen-bond acceptors (Lipinski definition) is 3. The van der Waals surface area contributed by atoms with Crippen LogP contribution in [0, 0.1) is 6.92 Å². The van der Waals surface area contributed by atoms with Crippen LogP contribution in [0.3, 0.4) is 0 Å². The van der Waals surface area contributed by atoms with E-state index >= 15 is 0 Å². The highest BCUT2D eigenvalue weighted by molar-refractivity contribution is 7.83. The van der Waals surface area contributed by atoms with Gasteiger partial charge in [0.1, 0.15) is 0 Å². The Kier molecular flexibility index (Phi) is 5.67. The molecule has 1 aliphatic rings. The molecule has 3 nitrogen and oxygen atoms in total. The van der Waals surface area contributed by atoms with E-state index in [-0.39, 0.29) is 0 Å². The van der Waals surface area contributed by atoms with E-state index < -0.39 is 10.8 Å². The maximum absolute atomic E-state index is 11.4. The van der Waals surface area contributed by atoms with Crippen molar-refractivity contribution in [3.63, 3.8) is 0 Å². The molecule has 1 aromatic carbocycles. The second-order valence-electron chi connectivity index (χ2n) is 6.83. The molecule has 3 atom stereocenters. The van der Waals surface area contributed by atoms with E-state index in [0.29, 0.717) is 17.7 Å². The predicted octanol–water partition coefficient (Wildman–Crippen LogP) is 4.41. The third kappa shape index (κ3) is 4.44. The Morgan fingerprint density at radius 3 is 2.92 bits per heavy atom. The van der Waals surface area contributed by atoms with E-state index in [1.807, 2.05) is 24.4 Å². The van der Waals surface area contributed by atoms with Crippen molar-refractivity contribution in [3.8, 4) is 0 Å². The molecule has 1 N–H and O–H groups in total. The van der Waals surface area contributed by atoms with Crippen molar-refractivity contribution in [2.24, 2.45) is 0 Å². The van der Waals surface area contributed by atoms with Gasteiger partial charge in [0.05, 0.1) is 0 Å². The van der Waals surface area contributed by atoms with Crippen molar-refractivity contribution in [2.75, 3.05) is 11.6 Å². The lowest BCUT2D eigenvalue weighted by Gasteiger charge is -2.31. The van der Waals surface area contributed by atoms with E-state index in [0.717, 1.165) is 17.7 Å². The number of hydrogen-bond donors (Lipinski definition) is 1. The minimum Gasteiger partial charge on any atom is -0.382 e. The highest BCUT2D eigenvalue weighted by Gasteiger charge is 2.25. The van der Waals surface area contributed by atoms with Gasteiger partial charge < -0.3 is 5.32 Å². The molecule has 0 saturated heterocycles. The summed E-state index contributed by atoms with van der Waals surface area (Å²) in [4.78, 5) is 4.63. The molecule has 1 aromatic heterocycles. The van der Waals surface area contributed by atoms with Gasteiger partial charge in [0.25, 0.3) is 0 Å². The molecule has 0 amide bonds. The van der Waals surface area contributed by atoms with E-state index in [1.54, 1.807) is 6.26 Å². The Morgan fingerprint density at radius 2 is 2.12 bits per heavy atom. The second-order valence-corrected chi connectivity index (χ2v) is 8.26. The summed E-state index contributed by atoms with van der Waals surface area (Å²) in [5.41, 5.74) is 4.84. The highest BCUT2D eigenvalue weighted by Crippen LogP contribution is 2.34.